The highest BCUT2D eigenvalue weighted by Crippen LogP contribution is 2.30. The van der Waals surface area contributed by atoms with E-state index in [-0.39, 0.29) is 42.1 Å². The van der Waals surface area contributed by atoms with Crippen molar-refractivity contribution in [2.24, 2.45) is 0 Å². The molecular formula is C22H25FN4O4. The van der Waals surface area contributed by atoms with Crippen molar-refractivity contribution in [1.82, 2.24) is 19.8 Å². The third-order valence-corrected chi connectivity index (χ3v) is 5.86. The lowest BCUT2D eigenvalue weighted by Gasteiger charge is -2.36. The van der Waals surface area contributed by atoms with Crippen LogP contribution in [0.5, 0.6) is 0 Å². The number of H-pyrrole nitrogens is 1. The van der Waals surface area contributed by atoms with Gasteiger partial charge in [-0.1, -0.05) is 6.07 Å². The molecule has 2 aliphatic heterocycles. The molecule has 8 nitrogen and oxygen atoms in total. The van der Waals surface area contributed by atoms with Crippen LogP contribution in [0.1, 0.15) is 52.7 Å². The van der Waals surface area contributed by atoms with Crippen LogP contribution in [0, 0.1) is 5.82 Å². The van der Waals surface area contributed by atoms with E-state index in [1.807, 2.05) is 0 Å². The Morgan fingerprint density at radius 3 is 2.90 bits per heavy atom. The molecule has 0 bridgehead atoms. The van der Waals surface area contributed by atoms with E-state index in [4.69, 9.17) is 4.74 Å². The van der Waals surface area contributed by atoms with Crippen LogP contribution in [0.4, 0.5) is 4.39 Å². The van der Waals surface area contributed by atoms with Gasteiger partial charge in [0.2, 0.25) is 5.91 Å². The second-order valence-electron chi connectivity index (χ2n) is 7.90. The molecule has 4 rings (SSSR count). The Balaban J connectivity index is 1.61. The van der Waals surface area contributed by atoms with Gasteiger partial charge in [-0.05, 0) is 37.5 Å². The first-order valence-electron chi connectivity index (χ1n) is 10.4. The van der Waals surface area contributed by atoms with Gasteiger partial charge >= 0.3 is 0 Å². The van der Waals surface area contributed by atoms with Crippen LogP contribution in [0.25, 0.3) is 0 Å². The van der Waals surface area contributed by atoms with Crippen LogP contribution in [0.2, 0.25) is 0 Å². The van der Waals surface area contributed by atoms with E-state index in [0.29, 0.717) is 43.0 Å². The molecule has 31 heavy (non-hydrogen) atoms. The Hall–Kier alpha value is -3.07. The largest absolute Gasteiger partial charge is 0.375 e. The van der Waals surface area contributed by atoms with Gasteiger partial charge in [0.1, 0.15) is 18.2 Å². The minimum absolute atomic E-state index is 0.0298. The van der Waals surface area contributed by atoms with Gasteiger partial charge in [-0.15, -0.1) is 0 Å². The first-order chi connectivity index (χ1) is 15.0. The highest BCUT2D eigenvalue weighted by Gasteiger charge is 2.32. The predicted octanol–water partition coefficient (Wildman–Crippen LogP) is 1.81. The number of hydrogen-bond donors (Lipinski definition) is 1. The summed E-state index contributed by atoms with van der Waals surface area (Å²) in [5.74, 6) is -0.464. The first kappa shape index (κ1) is 21.2. The standard InChI is InChI=1S/C22H25FN4O4/c1-31-13-19(28)26-10-8-17-16(12-26)21(29)25-20(24-17)18-7-2-3-9-27(18)22(30)14-5-4-6-15(23)11-14/h4-6,11,18H,2-3,7-10,12-13H2,1H3,(H,24,25,29)/t18-/m1/s1. The second-order valence-corrected chi connectivity index (χ2v) is 7.90. The van der Waals surface area contributed by atoms with Crippen molar-refractivity contribution in [3.8, 4) is 0 Å². The number of piperidine rings is 1. The fourth-order valence-electron chi connectivity index (χ4n) is 4.28. The van der Waals surface area contributed by atoms with Crippen molar-refractivity contribution < 1.29 is 18.7 Å². The number of nitrogens with zero attached hydrogens (tertiary/aromatic N) is 3. The predicted molar refractivity (Wildman–Crippen MR) is 110 cm³/mol. The van der Waals surface area contributed by atoms with Crippen molar-refractivity contribution in [1.29, 1.82) is 0 Å². The summed E-state index contributed by atoms with van der Waals surface area (Å²) < 4.78 is 18.5. The zero-order chi connectivity index (χ0) is 22.0. The molecule has 1 fully saturated rings. The Morgan fingerprint density at radius 2 is 2.13 bits per heavy atom. The molecule has 1 aromatic carbocycles. The molecule has 164 valence electrons. The Labute approximate surface area is 179 Å². The van der Waals surface area contributed by atoms with Gasteiger partial charge in [0.15, 0.2) is 0 Å². The topological polar surface area (TPSA) is 95.6 Å². The number of rotatable bonds is 4. The van der Waals surface area contributed by atoms with Crippen molar-refractivity contribution in [3.05, 3.63) is 63.1 Å². The molecule has 1 N–H and O–H groups in total. The third kappa shape index (κ3) is 4.36. The van der Waals surface area contributed by atoms with Gasteiger partial charge in [0.05, 0.1) is 23.8 Å². The number of carbonyl (C=O) groups is 2. The smallest absolute Gasteiger partial charge is 0.256 e. The molecule has 2 aliphatic rings. The molecule has 0 unspecified atom stereocenters. The van der Waals surface area contributed by atoms with E-state index in [1.54, 1.807) is 15.9 Å². The van der Waals surface area contributed by atoms with Gasteiger partial charge < -0.3 is 19.5 Å². The lowest BCUT2D eigenvalue weighted by molar-refractivity contribution is -0.136. The Kier molecular flexibility index (Phi) is 6.13. The fraction of sp³-hybridized carbons (Fsp3) is 0.455. The van der Waals surface area contributed by atoms with Gasteiger partial charge in [-0.3, -0.25) is 14.4 Å². The minimum Gasteiger partial charge on any atom is -0.375 e. The number of nitrogens with one attached hydrogen (secondary N) is 1. The molecular weight excluding hydrogens is 403 g/mol. The molecule has 0 radical (unpaired) electrons. The minimum atomic E-state index is -0.465. The number of ether oxygens (including phenoxy) is 1. The zero-order valence-corrected chi connectivity index (χ0v) is 17.4. The van der Waals surface area contributed by atoms with Gasteiger partial charge in [0, 0.05) is 32.2 Å². The van der Waals surface area contributed by atoms with E-state index >= 15 is 0 Å². The van der Waals surface area contributed by atoms with Crippen molar-refractivity contribution >= 4 is 11.8 Å². The number of aromatic amines is 1. The summed E-state index contributed by atoms with van der Waals surface area (Å²) in [6, 6.07) is 5.25. The SMILES string of the molecule is COCC(=O)N1CCc2nc([C@H]3CCCCN3C(=O)c3cccc(F)c3)[nH]c(=O)c2C1. The van der Waals surface area contributed by atoms with E-state index in [1.165, 1.54) is 25.3 Å². The summed E-state index contributed by atoms with van der Waals surface area (Å²) in [6.45, 7) is 1.14. The Morgan fingerprint density at radius 1 is 1.29 bits per heavy atom. The van der Waals surface area contributed by atoms with E-state index in [2.05, 4.69) is 9.97 Å². The third-order valence-electron chi connectivity index (χ3n) is 5.86. The number of methoxy groups -OCH3 is 1. The number of hydrogen-bond acceptors (Lipinski definition) is 5. The lowest BCUT2D eigenvalue weighted by atomic mass is 9.99. The molecule has 2 aromatic rings. The maximum Gasteiger partial charge on any atom is 0.256 e. The highest BCUT2D eigenvalue weighted by atomic mass is 19.1. The van der Waals surface area contributed by atoms with Crippen LogP contribution in [0.15, 0.2) is 29.1 Å². The first-order valence-corrected chi connectivity index (χ1v) is 10.4. The summed E-state index contributed by atoms with van der Waals surface area (Å²) in [5.41, 5.74) is 1.11. The average Bonchev–Trinajstić information content (AvgIpc) is 2.78. The van der Waals surface area contributed by atoms with Gasteiger partial charge in [-0.2, -0.15) is 0 Å². The van der Waals surface area contributed by atoms with Gasteiger partial charge in [-0.25, -0.2) is 9.37 Å². The number of fused-ring (bicyclic) bond motifs is 1. The van der Waals surface area contributed by atoms with Crippen LogP contribution < -0.4 is 5.56 Å². The van der Waals surface area contributed by atoms with Gasteiger partial charge in [0.25, 0.3) is 11.5 Å². The number of benzene rings is 1. The molecule has 1 atom stereocenters. The van der Waals surface area contributed by atoms with Crippen molar-refractivity contribution in [3.63, 3.8) is 0 Å². The quantitative estimate of drug-likeness (QED) is 0.801. The lowest BCUT2D eigenvalue weighted by Crippen LogP contribution is -2.43. The molecule has 9 heteroatoms. The summed E-state index contributed by atoms with van der Waals surface area (Å²) in [4.78, 5) is 48.8. The molecule has 0 spiro atoms. The van der Waals surface area contributed by atoms with Crippen molar-refractivity contribution in [2.45, 2.75) is 38.3 Å². The summed E-state index contributed by atoms with van der Waals surface area (Å²) in [6.07, 6.45) is 2.87. The maximum absolute atomic E-state index is 13.6. The fourth-order valence-corrected chi connectivity index (χ4v) is 4.28. The number of likely N-dealkylation sites (tertiary alicyclic amines) is 1. The van der Waals surface area contributed by atoms with E-state index < -0.39 is 5.82 Å². The maximum atomic E-state index is 13.6. The van der Waals surface area contributed by atoms with Crippen LogP contribution in [0.3, 0.4) is 0 Å². The van der Waals surface area contributed by atoms with Crippen LogP contribution in [-0.4, -0.2) is 58.4 Å². The normalized spacial score (nSPS) is 18.6. The molecule has 3 heterocycles. The summed E-state index contributed by atoms with van der Waals surface area (Å²) in [5, 5.41) is 0. The zero-order valence-electron chi connectivity index (χ0n) is 17.4. The number of halogens is 1. The average molecular weight is 428 g/mol. The van der Waals surface area contributed by atoms with Crippen LogP contribution >= 0.6 is 0 Å². The van der Waals surface area contributed by atoms with Crippen molar-refractivity contribution in [2.75, 3.05) is 26.8 Å². The second kappa shape index (κ2) is 8.97. The number of amides is 2. The highest BCUT2D eigenvalue weighted by molar-refractivity contribution is 5.94. The van der Waals surface area contributed by atoms with E-state index in [0.717, 1.165) is 12.8 Å². The molecule has 0 saturated carbocycles. The Bertz CT molecular complexity index is 1050. The number of carbonyl (C=O) groups excluding carboxylic acids is 2. The van der Waals surface area contributed by atoms with Crippen LogP contribution in [-0.2, 0) is 22.5 Å². The monoisotopic (exact) mass is 428 g/mol. The summed E-state index contributed by atoms with van der Waals surface area (Å²) in [7, 11) is 1.46. The number of aromatic nitrogens is 2. The molecule has 1 saturated heterocycles. The molecule has 0 aliphatic carbocycles. The van der Waals surface area contributed by atoms with E-state index in [9.17, 15) is 18.8 Å². The summed E-state index contributed by atoms with van der Waals surface area (Å²) >= 11 is 0. The molecule has 2 amide bonds. The molecule has 1 aromatic heterocycles.